The lowest BCUT2D eigenvalue weighted by molar-refractivity contribution is -0.128. The first-order valence-corrected chi connectivity index (χ1v) is 10.3. The Morgan fingerprint density at radius 3 is 2.39 bits per heavy atom. The molecule has 0 aliphatic heterocycles. The van der Waals surface area contributed by atoms with Gasteiger partial charge in [-0.05, 0) is 29.8 Å². The zero-order valence-electron chi connectivity index (χ0n) is 17.0. The van der Waals surface area contributed by atoms with E-state index in [0.29, 0.717) is 17.8 Å². The summed E-state index contributed by atoms with van der Waals surface area (Å²) in [6.07, 6.45) is 0.314. The molecule has 0 aliphatic carbocycles. The summed E-state index contributed by atoms with van der Waals surface area (Å²) in [6.45, 7) is 0. The highest BCUT2D eigenvalue weighted by Gasteiger charge is 2.14. The summed E-state index contributed by atoms with van der Waals surface area (Å²) in [5, 5.41) is 7.25. The van der Waals surface area contributed by atoms with E-state index in [2.05, 4.69) is 15.6 Å². The van der Waals surface area contributed by atoms with Crippen LogP contribution in [0, 0.1) is 5.82 Å². The molecule has 0 unspecified atom stereocenters. The van der Waals surface area contributed by atoms with Crippen molar-refractivity contribution in [2.75, 3.05) is 24.7 Å². The number of amides is 3. The van der Waals surface area contributed by atoms with E-state index in [0.717, 1.165) is 16.9 Å². The lowest BCUT2D eigenvalue weighted by Crippen LogP contribution is -2.23. The highest BCUT2D eigenvalue weighted by molar-refractivity contribution is 7.14. The molecular formula is C22H21FN4O3S. The summed E-state index contributed by atoms with van der Waals surface area (Å²) in [7, 11) is 3.40. The predicted octanol–water partition coefficient (Wildman–Crippen LogP) is 3.35. The third-order valence-corrected chi connectivity index (χ3v) is 5.13. The largest absolute Gasteiger partial charge is 0.349 e. The van der Waals surface area contributed by atoms with Crippen LogP contribution in [-0.2, 0) is 22.4 Å². The van der Waals surface area contributed by atoms with Gasteiger partial charge < -0.3 is 10.2 Å². The van der Waals surface area contributed by atoms with Gasteiger partial charge in [0.25, 0.3) is 5.91 Å². The SMILES string of the molecule is CN(C)C(=O)Cc1ccc(NC(=O)Cc2csc(NC(=O)c3ccccc3F)n2)cc1. The van der Waals surface area contributed by atoms with Gasteiger partial charge in [-0.1, -0.05) is 24.3 Å². The minimum absolute atomic E-state index is 0.00165. The highest BCUT2D eigenvalue weighted by Crippen LogP contribution is 2.18. The topological polar surface area (TPSA) is 91.4 Å². The number of aromatic nitrogens is 1. The number of benzene rings is 2. The fourth-order valence-electron chi connectivity index (χ4n) is 2.66. The average molecular weight is 441 g/mol. The van der Waals surface area contributed by atoms with Crippen LogP contribution in [-0.4, -0.2) is 41.7 Å². The Kier molecular flexibility index (Phi) is 7.09. The van der Waals surface area contributed by atoms with E-state index in [-0.39, 0.29) is 28.9 Å². The predicted molar refractivity (Wildman–Crippen MR) is 118 cm³/mol. The molecule has 0 spiro atoms. The second-order valence-electron chi connectivity index (χ2n) is 6.96. The molecule has 0 fully saturated rings. The number of rotatable bonds is 7. The summed E-state index contributed by atoms with van der Waals surface area (Å²) in [5.41, 5.74) is 1.87. The van der Waals surface area contributed by atoms with Crippen molar-refractivity contribution in [2.24, 2.45) is 0 Å². The third-order valence-electron chi connectivity index (χ3n) is 4.32. The molecule has 2 aromatic carbocycles. The molecule has 1 heterocycles. The number of nitrogens with zero attached hydrogens (tertiary/aromatic N) is 2. The second-order valence-corrected chi connectivity index (χ2v) is 7.82. The van der Waals surface area contributed by atoms with Crippen molar-refractivity contribution in [1.82, 2.24) is 9.88 Å². The van der Waals surface area contributed by atoms with Crippen LogP contribution >= 0.6 is 11.3 Å². The lowest BCUT2D eigenvalue weighted by atomic mass is 10.1. The van der Waals surface area contributed by atoms with Crippen LogP contribution in [0.2, 0.25) is 0 Å². The number of carbonyl (C=O) groups excluding carboxylic acids is 3. The molecule has 31 heavy (non-hydrogen) atoms. The molecule has 2 N–H and O–H groups in total. The summed E-state index contributed by atoms with van der Waals surface area (Å²) in [5.74, 6) is -1.49. The number of anilines is 2. The fourth-order valence-corrected chi connectivity index (χ4v) is 3.37. The molecule has 0 aliphatic rings. The van der Waals surface area contributed by atoms with Gasteiger partial charge in [0.2, 0.25) is 11.8 Å². The van der Waals surface area contributed by atoms with Crippen LogP contribution in [0.4, 0.5) is 15.2 Å². The van der Waals surface area contributed by atoms with Gasteiger partial charge in [-0.25, -0.2) is 9.37 Å². The average Bonchev–Trinajstić information content (AvgIpc) is 3.16. The molecule has 0 atom stereocenters. The molecule has 3 aromatic rings. The summed E-state index contributed by atoms with van der Waals surface area (Å²) in [6, 6.07) is 12.7. The first-order valence-electron chi connectivity index (χ1n) is 9.41. The number of hydrogen-bond acceptors (Lipinski definition) is 5. The highest BCUT2D eigenvalue weighted by atomic mass is 32.1. The monoisotopic (exact) mass is 440 g/mol. The number of carbonyl (C=O) groups is 3. The fraction of sp³-hybridized carbons (Fsp3) is 0.182. The van der Waals surface area contributed by atoms with Crippen LogP contribution in [0.15, 0.2) is 53.9 Å². The number of likely N-dealkylation sites (N-methyl/N-ethyl adjacent to an activating group) is 1. The summed E-state index contributed by atoms with van der Waals surface area (Å²) >= 11 is 1.16. The number of thiazole rings is 1. The van der Waals surface area contributed by atoms with Gasteiger partial charge in [0.15, 0.2) is 5.13 Å². The van der Waals surface area contributed by atoms with Crippen molar-refractivity contribution in [2.45, 2.75) is 12.8 Å². The minimum atomic E-state index is -0.617. The van der Waals surface area contributed by atoms with Gasteiger partial charge in [0.05, 0.1) is 24.1 Å². The number of halogens is 1. The van der Waals surface area contributed by atoms with Crippen molar-refractivity contribution in [1.29, 1.82) is 0 Å². The molecule has 0 radical (unpaired) electrons. The van der Waals surface area contributed by atoms with Crippen LogP contribution in [0.25, 0.3) is 0 Å². The van der Waals surface area contributed by atoms with Crippen molar-refractivity contribution in [3.05, 3.63) is 76.5 Å². The number of hydrogen-bond donors (Lipinski definition) is 2. The van der Waals surface area contributed by atoms with Crippen molar-refractivity contribution in [3.8, 4) is 0 Å². The van der Waals surface area contributed by atoms with Gasteiger partial charge in [-0.2, -0.15) is 0 Å². The molecule has 3 amide bonds. The Morgan fingerprint density at radius 1 is 1.00 bits per heavy atom. The van der Waals surface area contributed by atoms with E-state index in [1.54, 1.807) is 49.8 Å². The molecule has 3 rings (SSSR count). The summed E-state index contributed by atoms with van der Waals surface area (Å²) < 4.78 is 13.7. The molecule has 0 saturated heterocycles. The van der Waals surface area contributed by atoms with Crippen molar-refractivity contribution < 1.29 is 18.8 Å². The Hall–Kier alpha value is -3.59. The van der Waals surface area contributed by atoms with Crippen LogP contribution < -0.4 is 10.6 Å². The first-order chi connectivity index (χ1) is 14.8. The van der Waals surface area contributed by atoms with Gasteiger partial charge >= 0.3 is 0 Å². The third kappa shape index (κ3) is 6.19. The molecule has 9 heteroatoms. The van der Waals surface area contributed by atoms with E-state index in [1.807, 2.05) is 0 Å². The zero-order chi connectivity index (χ0) is 22.4. The summed E-state index contributed by atoms with van der Waals surface area (Å²) in [4.78, 5) is 41.9. The maximum Gasteiger partial charge on any atom is 0.260 e. The molecular weight excluding hydrogens is 419 g/mol. The van der Waals surface area contributed by atoms with E-state index in [1.165, 1.54) is 23.1 Å². The van der Waals surface area contributed by atoms with Gasteiger partial charge in [0, 0.05) is 25.2 Å². The van der Waals surface area contributed by atoms with Gasteiger partial charge in [0.1, 0.15) is 5.82 Å². The van der Waals surface area contributed by atoms with E-state index >= 15 is 0 Å². The zero-order valence-corrected chi connectivity index (χ0v) is 17.8. The van der Waals surface area contributed by atoms with Crippen LogP contribution in [0.1, 0.15) is 21.6 Å². The maximum atomic E-state index is 13.7. The molecule has 7 nitrogen and oxygen atoms in total. The quantitative estimate of drug-likeness (QED) is 0.590. The van der Waals surface area contributed by atoms with E-state index in [9.17, 15) is 18.8 Å². The van der Waals surface area contributed by atoms with Crippen molar-refractivity contribution >= 4 is 39.9 Å². The molecule has 0 bridgehead atoms. The lowest BCUT2D eigenvalue weighted by Gasteiger charge is -2.10. The van der Waals surface area contributed by atoms with Crippen molar-refractivity contribution in [3.63, 3.8) is 0 Å². The Labute approximate surface area is 182 Å². The minimum Gasteiger partial charge on any atom is -0.349 e. The maximum absolute atomic E-state index is 13.7. The normalized spacial score (nSPS) is 10.4. The molecule has 160 valence electrons. The number of nitrogens with one attached hydrogen (secondary N) is 2. The van der Waals surface area contributed by atoms with E-state index < -0.39 is 11.7 Å². The molecule has 1 aromatic heterocycles. The molecule has 0 saturated carbocycles. The van der Waals surface area contributed by atoms with Gasteiger partial charge in [-0.3, -0.25) is 19.7 Å². The van der Waals surface area contributed by atoms with Crippen LogP contribution in [0.5, 0.6) is 0 Å². The smallest absolute Gasteiger partial charge is 0.260 e. The Morgan fingerprint density at radius 2 is 1.71 bits per heavy atom. The second kappa shape index (κ2) is 9.94. The van der Waals surface area contributed by atoms with Crippen LogP contribution in [0.3, 0.4) is 0 Å². The standard InChI is InChI=1S/C22H21FN4O3S/c1-27(2)20(29)11-14-7-9-15(10-8-14)24-19(28)12-16-13-31-22(25-16)26-21(30)17-5-3-4-6-18(17)23/h3-10,13H,11-12H2,1-2H3,(H,24,28)(H,25,26,30). The Balaban J connectivity index is 1.53. The Bertz CT molecular complexity index is 1100. The van der Waals surface area contributed by atoms with E-state index in [4.69, 9.17) is 0 Å². The van der Waals surface area contributed by atoms with Gasteiger partial charge in [-0.15, -0.1) is 11.3 Å². The first kappa shape index (κ1) is 22.1.